The predicted molar refractivity (Wildman–Crippen MR) is 114 cm³/mol. The molecule has 1 fully saturated rings. The SMILES string of the molecule is CN1CC[C@]23c4c5ccc(O)c4O[C@H]2c2nc(-c4ccccc4)ncc2C[C@@]3(O)[C@H]1C5. The fourth-order valence-electron chi connectivity index (χ4n) is 6.72. The van der Waals surface area contributed by atoms with Crippen molar-refractivity contribution in [1.29, 1.82) is 0 Å². The van der Waals surface area contributed by atoms with Crippen LogP contribution < -0.4 is 4.74 Å². The van der Waals surface area contributed by atoms with Crippen LogP contribution in [0.25, 0.3) is 11.4 Å². The van der Waals surface area contributed by atoms with E-state index in [0.29, 0.717) is 18.0 Å². The van der Waals surface area contributed by atoms with Gasteiger partial charge in [-0.2, -0.15) is 0 Å². The van der Waals surface area contributed by atoms with Gasteiger partial charge in [0, 0.05) is 29.8 Å². The molecule has 2 bridgehead atoms. The molecule has 7 rings (SSSR count). The van der Waals surface area contributed by atoms with Gasteiger partial charge in [-0.05, 0) is 43.6 Å². The number of phenols is 1. The number of likely N-dealkylation sites (tertiary alicyclic amines) is 1. The lowest BCUT2D eigenvalue weighted by Crippen LogP contribution is -2.74. The van der Waals surface area contributed by atoms with Crippen molar-refractivity contribution in [3.63, 3.8) is 0 Å². The average Bonchev–Trinajstić information content (AvgIpc) is 3.14. The van der Waals surface area contributed by atoms with E-state index in [2.05, 4.69) is 16.9 Å². The number of nitrogens with zero attached hydrogens (tertiary/aromatic N) is 3. The topological polar surface area (TPSA) is 78.7 Å². The van der Waals surface area contributed by atoms with Gasteiger partial charge in [0.1, 0.15) is 0 Å². The third-order valence-corrected chi connectivity index (χ3v) is 8.12. The highest BCUT2D eigenvalue weighted by Gasteiger charge is 2.72. The van der Waals surface area contributed by atoms with Crippen LogP contribution in [-0.2, 0) is 18.3 Å². The van der Waals surface area contributed by atoms with Gasteiger partial charge < -0.3 is 19.8 Å². The summed E-state index contributed by atoms with van der Waals surface area (Å²) in [7, 11) is 2.09. The molecule has 0 amide bonds. The van der Waals surface area contributed by atoms with Crippen molar-refractivity contribution in [2.75, 3.05) is 13.6 Å². The minimum atomic E-state index is -0.999. The molecule has 2 aromatic carbocycles. The van der Waals surface area contributed by atoms with Crippen LogP contribution in [0, 0.1) is 0 Å². The van der Waals surface area contributed by atoms with Gasteiger partial charge >= 0.3 is 0 Å². The second-order valence-corrected chi connectivity index (χ2v) is 9.44. The van der Waals surface area contributed by atoms with Crippen LogP contribution in [0.3, 0.4) is 0 Å². The Hall–Kier alpha value is -2.96. The van der Waals surface area contributed by atoms with Crippen LogP contribution in [-0.4, -0.2) is 50.3 Å². The van der Waals surface area contributed by atoms with Crippen molar-refractivity contribution >= 4 is 0 Å². The van der Waals surface area contributed by atoms with E-state index in [4.69, 9.17) is 9.72 Å². The zero-order valence-electron chi connectivity index (χ0n) is 17.2. The minimum Gasteiger partial charge on any atom is -0.504 e. The van der Waals surface area contributed by atoms with Crippen LogP contribution in [0.5, 0.6) is 11.5 Å². The highest BCUT2D eigenvalue weighted by atomic mass is 16.5. The van der Waals surface area contributed by atoms with Crippen LogP contribution in [0.15, 0.2) is 48.7 Å². The molecule has 31 heavy (non-hydrogen) atoms. The lowest BCUT2D eigenvalue weighted by atomic mass is 9.49. The van der Waals surface area contributed by atoms with Crippen molar-refractivity contribution in [2.24, 2.45) is 0 Å². The molecule has 1 saturated heterocycles. The molecule has 2 N–H and O–H groups in total. The maximum absolute atomic E-state index is 12.3. The van der Waals surface area contributed by atoms with Crippen LogP contribution in [0.2, 0.25) is 0 Å². The van der Waals surface area contributed by atoms with E-state index in [-0.39, 0.29) is 11.8 Å². The first-order chi connectivity index (χ1) is 15.0. The number of hydrogen-bond donors (Lipinski definition) is 2. The molecule has 3 aromatic rings. The molecule has 6 heteroatoms. The smallest absolute Gasteiger partial charge is 0.166 e. The number of rotatable bonds is 1. The second kappa shape index (κ2) is 5.64. The third-order valence-electron chi connectivity index (χ3n) is 8.12. The summed E-state index contributed by atoms with van der Waals surface area (Å²) in [6.45, 7) is 0.868. The van der Waals surface area contributed by atoms with E-state index in [1.165, 1.54) is 0 Å². The maximum Gasteiger partial charge on any atom is 0.166 e. The number of aromatic hydroxyl groups is 1. The lowest BCUT2D eigenvalue weighted by Gasteiger charge is -2.62. The zero-order valence-corrected chi connectivity index (χ0v) is 17.2. The molecular formula is C25H23N3O3. The summed E-state index contributed by atoms with van der Waals surface area (Å²) < 4.78 is 6.51. The fourth-order valence-corrected chi connectivity index (χ4v) is 6.72. The Morgan fingerprint density at radius 1 is 1.13 bits per heavy atom. The van der Waals surface area contributed by atoms with Crippen LogP contribution >= 0.6 is 0 Å². The highest BCUT2D eigenvalue weighted by Crippen LogP contribution is 2.68. The van der Waals surface area contributed by atoms with E-state index >= 15 is 0 Å². The van der Waals surface area contributed by atoms with E-state index in [9.17, 15) is 10.2 Å². The van der Waals surface area contributed by atoms with Crippen LogP contribution in [0.4, 0.5) is 0 Å². The van der Waals surface area contributed by atoms with Gasteiger partial charge in [-0.3, -0.25) is 0 Å². The molecule has 1 spiro atoms. The number of ether oxygens (including phenoxy) is 1. The van der Waals surface area contributed by atoms with Crippen molar-refractivity contribution in [2.45, 2.75) is 42.4 Å². The first-order valence-corrected chi connectivity index (χ1v) is 10.9. The molecule has 2 aliphatic carbocycles. The Morgan fingerprint density at radius 2 is 1.97 bits per heavy atom. The summed E-state index contributed by atoms with van der Waals surface area (Å²) in [5.74, 6) is 1.32. The number of aromatic nitrogens is 2. The van der Waals surface area contributed by atoms with E-state index in [0.717, 1.165) is 47.3 Å². The molecule has 6 nitrogen and oxygen atoms in total. The Labute approximate surface area is 180 Å². The largest absolute Gasteiger partial charge is 0.504 e. The zero-order chi connectivity index (χ0) is 21.0. The van der Waals surface area contributed by atoms with Gasteiger partial charge in [0.05, 0.1) is 16.7 Å². The van der Waals surface area contributed by atoms with Gasteiger partial charge in [0.2, 0.25) is 0 Å². The second-order valence-electron chi connectivity index (χ2n) is 9.44. The Kier molecular flexibility index (Phi) is 3.22. The number of hydrogen-bond acceptors (Lipinski definition) is 6. The first kappa shape index (κ1) is 17.7. The summed E-state index contributed by atoms with van der Waals surface area (Å²) in [6, 6.07) is 13.6. The van der Waals surface area contributed by atoms with E-state index in [1.54, 1.807) is 6.07 Å². The fraction of sp³-hybridized carbons (Fsp3) is 0.360. The Bertz CT molecular complexity index is 1250. The normalized spacial score (nSPS) is 32.2. The van der Waals surface area contributed by atoms with Crippen molar-refractivity contribution < 1.29 is 14.9 Å². The van der Waals surface area contributed by atoms with Gasteiger partial charge in [-0.25, -0.2) is 9.97 Å². The summed E-state index contributed by atoms with van der Waals surface area (Å²) in [6.07, 6.45) is 3.40. The van der Waals surface area contributed by atoms with Gasteiger partial charge in [-0.15, -0.1) is 0 Å². The maximum atomic E-state index is 12.3. The van der Waals surface area contributed by atoms with E-state index < -0.39 is 17.1 Å². The average molecular weight is 413 g/mol. The molecule has 0 saturated carbocycles. The molecule has 0 radical (unpaired) electrons. The van der Waals surface area contributed by atoms with Crippen molar-refractivity contribution in [1.82, 2.24) is 14.9 Å². The van der Waals surface area contributed by atoms with Gasteiger partial charge in [-0.1, -0.05) is 36.4 Å². The number of phenolic OH excluding ortho intramolecular Hbond substituents is 1. The number of likely N-dealkylation sites (N-methyl/N-ethyl adjacent to an activating group) is 1. The molecule has 4 aliphatic rings. The monoisotopic (exact) mass is 413 g/mol. The quantitative estimate of drug-likeness (QED) is 0.639. The lowest BCUT2D eigenvalue weighted by molar-refractivity contribution is -0.168. The number of piperidine rings is 1. The van der Waals surface area contributed by atoms with E-state index in [1.807, 2.05) is 42.6 Å². The predicted octanol–water partition coefficient (Wildman–Crippen LogP) is 2.77. The summed E-state index contributed by atoms with van der Waals surface area (Å²) in [4.78, 5) is 11.9. The molecule has 156 valence electrons. The molecule has 1 aromatic heterocycles. The van der Waals surface area contributed by atoms with Crippen LogP contribution in [0.1, 0.15) is 34.9 Å². The van der Waals surface area contributed by atoms with Crippen molar-refractivity contribution in [3.05, 3.63) is 71.0 Å². The summed E-state index contributed by atoms with van der Waals surface area (Å²) in [5.41, 5.74) is 3.27. The first-order valence-electron chi connectivity index (χ1n) is 10.9. The molecule has 3 heterocycles. The number of fused-ring (bicyclic) bond motifs is 2. The Morgan fingerprint density at radius 3 is 2.81 bits per heavy atom. The molecular weight excluding hydrogens is 390 g/mol. The standard InChI is InChI=1S/C25H23N3O3/c1-28-10-9-24-19-15-7-8-17(29)21(19)31-22(24)20-16(12-25(24,30)18(28)11-15)13-26-23(27-20)14-5-3-2-4-6-14/h2-8,13,18,22,29-30H,9-12H2,1H3/t18-,22+,24+,25-/m1/s1. The molecule has 0 unspecified atom stereocenters. The highest BCUT2D eigenvalue weighted by molar-refractivity contribution is 5.65. The Balaban J connectivity index is 1.51. The molecule has 4 atom stereocenters. The molecule has 2 aliphatic heterocycles. The van der Waals surface area contributed by atoms with Gasteiger partial charge in [0.15, 0.2) is 23.4 Å². The third kappa shape index (κ3) is 1.96. The number of aliphatic hydroxyl groups is 1. The van der Waals surface area contributed by atoms with Crippen molar-refractivity contribution in [3.8, 4) is 22.9 Å². The number of benzene rings is 2. The summed E-state index contributed by atoms with van der Waals surface area (Å²) in [5, 5.41) is 23.0. The van der Waals surface area contributed by atoms with Gasteiger partial charge in [0.25, 0.3) is 0 Å². The minimum absolute atomic E-state index is 0.0164. The summed E-state index contributed by atoms with van der Waals surface area (Å²) >= 11 is 0.